The van der Waals surface area contributed by atoms with Crippen LogP contribution in [0.1, 0.15) is 6.92 Å². The summed E-state index contributed by atoms with van der Waals surface area (Å²) in [5, 5.41) is 15.7. The lowest BCUT2D eigenvalue weighted by atomic mass is 10.2. The van der Waals surface area contributed by atoms with E-state index in [0.717, 1.165) is 5.82 Å². The van der Waals surface area contributed by atoms with Crippen LogP contribution in [-0.4, -0.2) is 62.8 Å². The van der Waals surface area contributed by atoms with E-state index >= 15 is 0 Å². The number of rotatable bonds is 5. The molecule has 2 aromatic heterocycles. The van der Waals surface area contributed by atoms with Crippen molar-refractivity contribution in [1.29, 1.82) is 0 Å². The molecule has 1 fully saturated rings. The van der Waals surface area contributed by atoms with E-state index in [0.29, 0.717) is 48.9 Å². The molecule has 2 aromatic carbocycles. The molecule has 0 bridgehead atoms. The van der Waals surface area contributed by atoms with Crippen LogP contribution < -0.4 is 10.2 Å². The first kappa shape index (κ1) is 21.9. The third kappa shape index (κ3) is 4.32. The van der Waals surface area contributed by atoms with Gasteiger partial charge < -0.3 is 10.2 Å². The van der Waals surface area contributed by atoms with Crippen molar-refractivity contribution in [2.45, 2.75) is 13.0 Å². The molecule has 1 aliphatic rings. The van der Waals surface area contributed by atoms with Crippen LogP contribution in [0, 0.1) is 11.6 Å². The summed E-state index contributed by atoms with van der Waals surface area (Å²) in [6.45, 7) is 4.46. The number of aromatic nitrogens is 4. The van der Waals surface area contributed by atoms with E-state index in [1.165, 1.54) is 18.2 Å². The minimum Gasteiger partial charge on any atom is -0.353 e. The molecule has 3 heterocycles. The van der Waals surface area contributed by atoms with Gasteiger partial charge in [0.1, 0.15) is 17.5 Å². The predicted octanol–water partition coefficient (Wildman–Crippen LogP) is 3.22. The van der Waals surface area contributed by atoms with Gasteiger partial charge in [0.25, 0.3) is 0 Å². The van der Waals surface area contributed by atoms with Gasteiger partial charge in [0.2, 0.25) is 5.91 Å². The predicted molar refractivity (Wildman–Crippen MR) is 124 cm³/mol. The fraction of sp³-hybridized carbons (Fsp3) is 0.250. The number of fused-ring (bicyclic) bond motifs is 1. The fourth-order valence-corrected chi connectivity index (χ4v) is 4.08. The van der Waals surface area contributed by atoms with Crippen molar-refractivity contribution >= 4 is 23.1 Å². The summed E-state index contributed by atoms with van der Waals surface area (Å²) in [5.41, 5.74) is 1.30. The van der Waals surface area contributed by atoms with Crippen molar-refractivity contribution < 1.29 is 13.6 Å². The molecule has 0 aliphatic carbocycles. The zero-order chi connectivity index (χ0) is 23.7. The maximum atomic E-state index is 14.3. The number of anilines is 2. The number of hydrogen-bond acceptors (Lipinski definition) is 6. The summed E-state index contributed by atoms with van der Waals surface area (Å²) in [4.78, 5) is 16.8. The van der Waals surface area contributed by atoms with E-state index in [4.69, 9.17) is 0 Å². The molecule has 1 atom stereocenters. The van der Waals surface area contributed by atoms with E-state index in [1.54, 1.807) is 40.9 Å². The van der Waals surface area contributed by atoms with Gasteiger partial charge >= 0.3 is 0 Å². The highest BCUT2D eigenvalue weighted by molar-refractivity contribution is 5.94. The molecule has 1 saturated heterocycles. The number of piperazine rings is 1. The van der Waals surface area contributed by atoms with Crippen molar-refractivity contribution in [3.8, 4) is 11.4 Å². The smallest absolute Gasteiger partial charge is 0.241 e. The first-order chi connectivity index (χ1) is 16.5. The van der Waals surface area contributed by atoms with Gasteiger partial charge in [-0.2, -0.15) is 4.52 Å². The largest absolute Gasteiger partial charge is 0.353 e. The summed E-state index contributed by atoms with van der Waals surface area (Å²) < 4.78 is 29.2. The topological polar surface area (TPSA) is 78.7 Å². The van der Waals surface area contributed by atoms with Crippen molar-refractivity contribution in [3.63, 3.8) is 0 Å². The number of hydrogen-bond donors (Lipinski definition) is 1. The number of amides is 1. The molecular formula is C24H23F2N7O. The van der Waals surface area contributed by atoms with Crippen molar-refractivity contribution in [1.82, 2.24) is 24.7 Å². The molecular weight excluding hydrogens is 440 g/mol. The summed E-state index contributed by atoms with van der Waals surface area (Å²) in [6.07, 6.45) is 0. The average molecular weight is 463 g/mol. The fourth-order valence-electron chi connectivity index (χ4n) is 4.08. The quantitative estimate of drug-likeness (QED) is 0.490. The molecule has 10 heteroatoms. The minimum atomic E-state index is -0.394. The maximum absolute atomic E-state index is 14.3. The van der Waals surface area contributed by atoms with E-state index in [1.807, 2.05) is 13.0 Å². The maximum Gasteiger partial charge on any atom is 0.241 e. The van der Waals surface area contributed by atoms with Crippen molar-refractivity contribution in [3.05, 3.63) is 72.3 Å². The Hall–Kier alpha value is -3.92. The lowest BCUT2D eigenvalue weighted by molar-refractivity contribution is -0.120. The Kier molecular flexibility index (Phi) is 5.89. The van der Waals surface area contributed by atoms with Crippen LogP contribution in [0.4, 0.5) is 20.3 Å². The minimum absolute atomic E-state index is 0.183. The van der Waals surface area contributed by atoms with Crippen molar-refractivity contribution in [2.75, 3.05) is 36.4 Å². The molecule has 5 rings (SSSR count). The highest BCUT2D eigenvalue weighted by atomic mass is 19.1. The lowest BCUT2D eigenvalue weighted by Gasteiger charge is -2.37. The Morgan fingerprint density at radius 1 is 0.971 bits per heavy atom. The highest BCUT2D eigenvalue weighted by Gasteiger charge is 2.26. The summed E-state index contributed by atoms with van der Waals surface area (Å²) >= 11 is 0. The van der Waals surface area contributed by atoms with Crippen LogP contribution in [0.15, 0.2) is 60.7 Å². The second-order valence-corrected chi connectivity index (χ2v) is 8.16. The van der Waals surface area contributed by atoms with Gasteiger partial charge in [0.15, 0.2) is 11.5 Å². The second kappa shape index (κ2) is 9.14. The standard InChI is InChI=1S/C24H23F2N7O/c1-16(24(34)27-18-6-4-5-17(25)15-18)31-11-13-32(14-12-31)22-10-9-21-28-29-23(33(21)30-22)19-7-2-3-8-20(19)26/h2-10,15-16H,11-14H2,1H3,(H,27,34). The lowest BCUT2D eigenvalue weighted by Crippen LogP contribution is -2.53. The van der Waals surface area contributed by atoms with E-state index < -0.39 is 5.82 Å². The van der Waals surface area contributed by atoms with Gasteiger partial charge in [0, 0.05) is 31.9 Å². The van der Waals surface area contributed by atoms with Crippen molar-refractivity contribution in [2.24, 2.45) is 0 Å². The van der Waals surface area contributed by atoms with Gasteiger partial charge in [-0.25, -0.2) is 8.78 Å². The van der Waals surface area contributed by atoms with Gasteiger partial charge in [-0.1, -0.05) is 18.2 Å². The molecule has 8 nitrogen and oxygen atoms in total. The number of nitrogens with one attached hydrogen (secondary N) is 1. The first-order valence-corrected chi connectivity index (χ1v) is 11.0. The molecule has 34 heavy (non-hydrogen) atoms. The highest BCUT2D eigenvalue weighted by Crippen LogP contribution is 2.23. The zero-order valence-corrected chi connectivity index (χ0v) is 18.5. The molecule has 1 aliphatic heterocycles. The van der Waals surface area contributed by atoms with Gasteiger partial charge in [-0.05, 0) is 49.4 Å². The van der Waals surface area contributed by atoms with E-state index in [9.17, 15) is 13.6 Å². The van der Waals surface area contributed by atoms with Crippen LogP contribution in [0.3, 0.4) is 0 Å². The van der Waals surface area contributed by atoms with E-state index in [-0.39, 0.29) is 17.8 Å². The normalized spacial score (nSPS) is 15.4. The zero-order valence-electron chi connectivity index (χ0n) is 18.5. The van der Waals surface area contributed by atoms with Crippen LogP contribution >= 0.6 is 0 Å². The molecule has 4 aromatic rings. The van der Waals surface area contributed by atoms with E-state index in [2.05, 4.69) is 30.4 Å². The van der Waals surface area contributed by atoms with Gasteiger partial charge in [-0.3, -0.25) is 9.69 Å². The molecule has 0 spiro atoms. The van der Waals surface area contributed by atoms with Gasteiger partial charge in [-0.15, -0.1) is 15.3 Å². The Morgan fingerprint density at radius 3 is 2.53 bits per heavy atom. The number of carbonyl (C=O) groups excluding carboxylic acids is 1. The number of carbonyl (C=O) groups is 1. The number of benzene rings is 2. The summed E-state index contributed by atoms with van der Waals surface area (Å²) in [7, 11) is 0. The average Bonchev–Trinajstić information content (AvgIpc) is 3.27. The Labute approximate surface area is 194 Å². The Morgan fingerprint density at radius 2 is 1.76 bits per heavy atom. The molecule has 1 amide bonds. The van der Waals surface area contributed by atoms with Gasteiger partial charge in [0.05, 0.1) is 11.6 Å². The third-order valence-corrected chi connectivity index (χ3v) is 6.02. The summed E-state index contributed by atoms with van der Waals surface area (Å²) in [5.74, 6) is 0.105. The molecule has 1 unspecified atom stereocenters. The molecule has 174 valence electrons. The first-order valence-electron chi connectivity index (χ1n) is 11.0. The second-order valence-electron chi connectivity index (χ2n) is 8.16. The molecule has 1 N–H and O–H groups in total. The molecule has 0 radical (unpaired) electrons. The van der Waals surface area contributed by atoms with Crippen LogP contribution in [0.2, 0.25) is 0 Å². The monoisotopic (exact) mass is 463 g/mol. The Balaban J connectivity index is 1.27. The number of nitrogens with zero attached hydrogens (tertiary/aromatic N) is 6. The third-order valence-electron chi connectivity index (χ3n) is 6.02. The van der Waals surface area contributed by atoms with Crippen LogP contribution in [0.5, 0.6) is 0 Å². The van der Waals surface area contributed by atoms with Crippen LogP contribution in [0.25, 0.3) is 17.0 Å². The summed E-state index contributed by atoms with van der Waals surface area (Å²) in [6, 6.07) is 15.6. The Bertz CT molecular complexity index is 1330. The van der Waals surface area contributed by atoms with Crippen LogP contribution in [-0.2, 0) is 4.79 Å². The molecule has 0 saturated carbocycles. The SMILES string of the molecule is CC(C(=O)Nc1cccc(F)c1)N1CCN(c2ccc3nnc(-c4ccccc4F)n3n2)CC1. The number of halogens is 2.